The second-order valence-corrected chi connectivity index (χ2v) is 6.80. The molecular weight excluding hydrogens is 319 g/mol. The minimum Gasteiger partial charge on any atom is -0.280 e. The van der Waals surface area contributed by atoms with Gasteiger partial charge in [0.05, 0.1) is 0 Å². The van der Waals surface area contributed by atoms with Crippen LogP contribution in [0.15, 0.2) is 35.2 Å². The van der Waals surface area contributed by atoms with Gasteiger partial charge in [0.1, 0.15) is 10.0 Å². The summed E-state index contributed by atoms with van der Waals surface area (Å²) < 4.78 is 27.0. The van der Waals surface area contributed by atoms with Crippen molar-refractivity contribution < 1.29 is 8.42 Å². The van der Waals surface area contributed by atoms with Gasteiger partial charge in [0.25, 0.3) is 10.0 Å². The van der Waals surface area contributed by atoms with Crippen LogP contribution in [0, 0.1) is 13.8 Å². The van der Waals surface area contributed by atoms with Gasteiger partial charge in [-0.25, -0.2) is 13.4 Å². The van der Waals surface area contributed by atoms with Crippen molar-refractivity contribution >= 4 is 38.9 Å². The molecule has 0 bridgehead atoms. The molecule has 2 rings (SSSR count). The molecule has 0 saturated carbocycles. The molecule has 0 spiro atoms. The summed E-state index contributed by atoms with van der Waals surface area (Å²) in [6.45, 7) is 3.78. The Morgan fingerprint density at radius 1 is 1.05 bits per heavy atom. The van der Waals surface area contributed by atoms with Crippen LogP contribution in [-0.4, -0.2) is 13.4 Å². The van der Waals surface area contributed by atoms with E-state index in [-0.39, 0.29) is 15.2 Å². The van der Waals surface area contributed by atoms with Gasteiger partial charge in [0.2, 0.25) is 0 Å². The summed E-state index contributed by atoms with van der Waals surface area (Å²) in [6, 6.07) is 8.13. The number of nitrogens with one attached hydrogen (secondary N) is 1. The quantitative estimate of drug-likeness (QED) is 0.870. The summed E-state index contributed by atoms with van der Waals surface area (Å²) in [7, 11) is -3.80. The first-order valence-corrected chi connectivity index (χ1v) is 7.95. The van der Waals surface area contributed by atoms with E-state index in [1.807, 2.05) is 19.9 Å². The smallest absolute Gasteiger partial charge is 0.264 e. The lowest BCUT2D eigenvalue weighted by atomic mass is 10.1. The third-order valence-corrected chi connectivity index (χ3v) is 4.57. The molecule has 4 nitrogen and oxygen atoms in total. The van der Waals surface area contributed by atoms with Crippen molar-refractivity contribution in [2.45, 2.75) is 18.7 Å². The maximum absolute atomic E-state index is 12.3. The van der Waals surface area contributed by atoms with Gasteiger partial charge in [0, 0.05) is 5.69 Å². The molecule has 2 aromatic rings. The van der Waals surface area contributed by atoms with Crippen LogP contribution in [0.5, 0.6) is 0 Å². The average molecular weight is 331 g/mol. The molecule has 0 amide bonds. The Bertz CT molecular complexity index is 741. The van der Waals surface area contributed by atoms with E-state index in [9.17, 15) is 8.42 Å². The van der Waals surface area contributed by atoms with Gasteiger partial charge in [-0.15, -0.1) is 0 Å². The van der Waals surface area contributed by atoms with Gasteiger partial charge >= 0.3 is 0 Å². The number of nitrogens with zero attached hydrogens (tertiary/aromatic N) is 1. The molecule has 1 N–H and O–H groups in total. The maximum Gasteiger partial charge on any atom is 0.264 e. The number of pyridine rings is 1. The fourth-order valence-electron chi connectivity index (χ4n) is 1.84. The summed E-state index contributed by atoms with van der Waals surface area (Å²) in [5.41, 5.74) is 2.40. The van der Waals surface area contributed by atoms with Gasteiger partial charge in [0.15, 0.2) is 5.15 Å². The van der Waals surface area contributed by atoms with Crippen LogP contribution < -0.4 is 4.72 Å². The highest BCUT2D eigenvalue weighted by molar-refractivity contribution is 7.92. The summed E-state index contributed by atoms with van der Waals surface area (Å²) in [4.78, 5) is 3.62. The number of aryl methyl sites for hydroxylation is 2. The molecule has 7 heteroatoms. The number of hydrogen-bond acceptors (Lipinski definition) is 3. The highest BCUT2D eigenvalue weighted by Gasteiger charge is 2.19. The molecule has 0 fully saturated rings. The monoisotopic (exact) mass is 330 g/mol. The topological polar surface area (TPSA) is 59.1 Å². The maximum atomic E-state index is 12.3. The first-order valence-electron chi connectivity index (χ1n) is 5.71. The van der Waals surface area contributed by atoms with E-state index < -0.39 is 10.0 Å². The molecule has 1 aromatic heterocycles. The molecule has 0 radical (unpaired) electrons. The predicted molar refractivity (Wildman–Crippen MR) is 81.0 cm³/mol. The SMILES string of the molecule is Cc1cc(C)cc(NS(=O)(=O)c2ccc(Cl)nc2Cl)c1. The van der Waals surface area contributed by atoms with Crippen molar-refractivity contribution in [2.24, 2.45) is 0 Å². The second-order valence-electron chi connectivity index (χ2n) is 4.40. The summed E-state index contributed by atoms with van der Waals surface area (Å²) in [6.07, 6.45) is 0. The number of sulfonamides is 1. The standard InChI is InChI=1S/C13H12Cl2N2O2S/c1-8-5-9(2)7-10(6-8)17-20(18,19)11-3-4-12(14)16-13(11)15/h3-7,17H,1-2H3. The number of halogens is 2. The van der Waals surface area contributed by atoms with E-state index in [2.05, 4.69) is 9.71 Å². The summed E-state index contributed by atoms with van der Waals surface area (Å²) in [5, 5.41) is -0.0188. The largest absolute Gasteiger partial charge is 0.280 e. The molecule has 0 aliphatic rings. The molecule has 0 aliphatic heterocycles. The molecular formula is C13H12Cl2N2O2S. The Kier molecular flexibility index (Phi) is 4.22. The first kappa shape index (κ1) is 15.1. The van der Waals surface area contributed by atoms with E-state index in [1.54, 1.807) is 12.1 Å². The number of anilines is 1. The van der Waals surface area contributed by atoms with Crippen LogP contribution in [0.4, 0.5) is 5.69 Å². The lowest BCUT2D eigenvalue weighted by molar-refractivity contribution is 0.601. The van der Waals surface area contributed by atoms with Gasteiger partial charge in [-0.3, -0.25) is 4.72 Å². The zero-order chi connectivity index (χ0) is 14.9. The zero-order valence-electron chi connectivity index (χ0n) is 10.8. The lowest BCUT2D eigenvalue weighted by Gasteiger charge is -2.10. The molecule has 0 unspecified atom stereocenters. The van der Waals surface area contributed by atoms with Crippen LogP contribution in [-0.2, 0) is 10.0 Å². The Labute approximate surface area is 127 Å². The van der Waals surface area contributed by atoms with Gasteiger partial charge in [-0.1, -0.05) is 29.3 Å². The molecule has 20 heavy (non-hydrogen) atoms. The van der Waals surface area contributed by atoms with E-state index in [1.165, 1.54) is 12.1 Å². The van der Waals surface area contributed by atoms with E-state index in [4.69, 9.17) is 23.2 Å². The van der Waals surface area contributed by atoms with Crippen LogP contribution in [0.2, 0.25) is 10.3 Å². The minimum absolute atomic E-state index is 0.109. The van der Waals surface area contributed by atoms with Gasteiger partial charge in [-0.2, -0.15) is 0 Å². The van der Waals surface area contributed by atoms with Crippen LogP contribution >= 0.6 is 23.2 Å². The van der Waals surface area contributed by atoms with Crippen molar-refractivity contribution in [3.8, 4) is 0 Å². The Morgan fingerprint density at radius 2 is 1.65 bits per heavy atom. The van der Waals surface area contributed by atoms with Crippen molar-refractivity contribution in [1.82, 2.24) is 4.98 Å². The number of rotatable bonds is 3. The van der Waals surface area contributed by atoms with Crippen molar-refractivity contribution in [3.63, 3.8) is 0 Å². The highest BCUT2D eigenvalue weighted by atomic mass is 35.5. The molecule has 1 heterocycles. The predicted octanol–water partition coefficient (Wildman–Crippen LogP) is 3.81. The second kappa shape index (κ2) is 5.60. The molecule has 0 saturated heterocycles. The van der Waals surface area contributed by atoms with E-state index in [0.29, 0.717) is 5.69 Å². The van der Waals surface area contributed by atoms with Crippen molar-refractivity contribution in [3.05, 3.63) is 51.8 Å². The van der Waals surface area contributed by atoms with Crippen LogP contribution in [0.25, 0.3) is 0 Å². The number of hydrogen-bond donors (Lipinski definition) is 1. The first-order chi connectivity index (χ1) is 9.28. The number of aromatic nitrogens is 1. The normalized spacial score (nSPS) is 11.4. The molecule has 106 valence electrons. The molecule has 0 aliphatic carbocycles. The molecule has 1 aromatic carbocycles. The van der Waals surface area contributed by atoms with E-state index in [0.717, 1.165) is 11.1 Å². The molecule has 0 atom stereocenters. The Hall–Kier alpha value is -1.30. The third kappa shape index (κ3) is 3.42. The van der Waals surface area contributed by atoms with Crippen molar-refractivity contribution in [2.75, 3.05) is 4.72 Å². The van der Waals surface area contributed by atoms with Gasteiger partial charge < -0.3 is 0 Å². The fraction of sp³-hybridized carbons (Fsp3) is 0.154. The van der Waals surface area contributed by atoms with E-state index >= 15 is 0 Å². The Morgan fingerprint density at radius 3 is 2.20 bits per heavy atom. The highest BCUT2D eigenvalue weighted by Crippen LogP contribution is 2.24. The lowest BCUT2D eigenvalue weighted by Crippen LogP contribution is -2.14. The zero-order valence-corrected chi connectivity index (χ0v) is 13.1. The summed E-state index contributed by atoms with van der Waals surface area (Å²) >= 11 is 11.5. The van der Waals surface area contributed by atoms with Crippen LogP contribution in [0.1, 0.15) is 11.1 Å². The van der Waals surface area contributed by atoms with Gasteiger partial charge in [-0.05, 0) is 49.2 Å². The average Bonchev–Trinajstić information content (AvgIpc) is 2.25. The minimum atomic E-state index is -3.80. The number of benzene rings is 1. The van der Waals surface area contributed by atoms with Crippen molar-refractivity contribution in [1.29, 1.82) is 0 Å². The summed E-state index contributed by atoms with van der Waals surface area (Å²) in [5.74, 6) is 0. The Balaban J connectivity index is 2.40. The fourth-order valence-corrected chi connectivity index (χ4v) is 3.55. The third-order valence-electron chi connectivity index (χ3n) is 2.54. The van der Waals surface area contributed by atoms with Crippen LogP contribution in [0.3, 0.4) is 0 Å².